The van der Waals surface area contributed by atoms with Crippen molar-refractivity contribution in [1.82, 2.24) is 10.3 Å². The third-order valence-corrected chi connectivity index (χ3v) is 5.35. The molecule has 0 bridgehead atoms. The second kappa shape index (κ2) is 6.59. The molecule has 0 unspecified atom stereocenters. The van der Waals surface area contributed by atoms with E-state index in [1.807, 2.05) is 30.3 Å². The van der Waals surface area contributed by atoms with Crippen molar-refractivity contribution < 1.29 is 9.84 Å². The van der Waals surface area contributed by atoms with E-state index < -0.39 is 0 Å². The molecule has 0 amide bonds. The predicted octanol–water partition coefficient (Wildman–Crippen LogP) is 4.45. The summed E-state index contributed by atoms with van der Waals surface area (Å²) in [5, 5.41) is 13.8. The van der Waals surface area contributed by atoms with Crippen LogP contribution in [0.25, 0.3) is 11.1 Å². The number of nitrogens with zero attached hydrogens (tertiary/aromatic N) is 2. The molecule has 3 aromatic rings. The minimum Gasteiger partial charge on any atom is -0.504 e. The van der Waals surface area contributed by atoms with Gasteiger partial charge in [0.2, 0.25) is 0 Å². The van der Waals surface area contributed by atoms with Gasteiger partial charge >= 0.3 is 0 Å². The maximum absolute atomic E-state index is 10.4. The largest absolute Gasteiger partial charge is 0.504 e. The highest BCUT2D eigenvalue weighted by molar-refractivity contribution is 5.83. The molecule has 1 fully saturated rings. The van der Waals surface area contributed by atoms with E-state index in [0.29, 0.717) is 11.8 Å². The molecule has 0 saturated carbocycles. The predicted molar refractivity (Wildman–Crippen MR) is 106 cm³/mol. The third-order valence-electron chi connectivity index (χ3n) is 5.35. The van der Waals surface area contributed by atoms with Crippen molar-refractivity contribution in [1.29, 1.82) is 0 Å². The Morgan fingerprint density at radius 3 is 2.59 bits per heavy atom. The zero-order valence-electron chi connectivity index (χ0n) is 14.9. The molecule has 1 aromatic heterocycles. The summed E-state index contributed by atoms with van der Waals surface area (Å²) in [6.07, 6.45) is 5.69. The summed E-state index contributed by atoms with van der Waals surface area (Å²) in [6.45, 7) is 2.00. The van der Waals surface area contributed by atoms with Crippen LogP contribution in [-0.2, 0) is 0 Å². The number of phenols is 1. The molecule has 1 saturated heterocycles. The number of pyridine rings is 1. The van der Waals surface area contributed by atoms with Crippen molar-refractivity contribution in [2.45, 2.75) is 18.9 Å². The molecule has 5 rings (SSSR count). The van der Waals surface area contributed by atoms with Crippen molar-refractivity contribution in [3.63, 3.8) is 0 Å². The number of para-hydroxylation sites is 1. The number of nitrogens with one attached hydrogen (secondary N) is 1. The molecule has 2 aliphatic heterocycles. The van der Waals surface area contributed by atoms with Crippen molar-refractivity contribution in [3.05, 3.63) is 60.9 Å². The number of anilines is 2. The maximum atomic E-state index is 10.4. The summed E-state index contributed by atoms with van der Waals surface area (Å²) in [5.74, 6) is 1.48. The van der Waals surface area contributed by atoms with Crippen LogP contribution in [0.2, 0.25) is 0 Å². The third kappa shape index (κ3) is 2.80. The standard InChI is InChI=1S/C22H21N3O2/c26-20-3-1-2-19-22(20)27-21-14-16(15-6-10-23-11-7-15)4-5-18(21)25(19)17-8-12-24-13-9-17/h1-7,10-11,14,17,24,26H,8-9,12-13H2. The van der Waals surface area contributed by atoms with E-state index in [2.05, 4.69) is 27.3 Å². The first-order valence-corrected chi connectivity index (χ1v) is 9.35. The number of hydrogen-bond donors (Lipinski definition) is 2. The lowest BCUT2D eigenvalue weighted by Crippen LogP contribution is -2.41. The van der Waals surface area contributed by atoms with Crippen molar-refractivity contribution >= 4 is 11.4 Å². The summed E-state index contributed by atoms with van der Waals surface area (Å²) in [7, 11) is 0. The molecule has 3 heterocycles. The zero-order valence-corrected chi connectivity index (χ0v) is 14.9. The SMILES string of the molecule is Oc1cccc2c1Oc1cc(-c3ccncc3)ccc1N2C1CCNCC1. The number of hydrogen-bond acceptors (Lipinski definition) is 5. The molecular weight excluding hydrogens is 338 g/mol. The van der Waals surface area contributed by atoms with Crippen LogP contribution in [0, 0.1) is 0 Å². The lowest BCUT2D eigenvalue weighted by atomic mass is 9.99. The van der Waals surface area contributed by atoms with Gasteiger partial charge < -0.3 is 20.1 Å². The number of aromatic hydroxyl groups is 1. The fourth-order valence-corrected chi connectivity index (χ4v) is 4.02. The molecule has 0 radical (unpaired) electrons. The Morgan fingerprint density at radius 2 is 1.78 bits per heavy atom. The Labute approximate surface area is 158 Å². The van der Waals surface area contributed by atoms with Gasteiger partial charge in [0.1, 0.15) is 0 Å². The Bertz CT molecular complexity index is 969. The molecule has 0 spiro atoms. The molecule has 0 atom stereocenters. The van der Waals surface area contributed by atoms with Gasteiger partial charge in [0.25, 0.3) is 0 Å². The molecule has 27 heavy (non-hydrogen) atoms. The topological polar surface area (TPSA) is 57.6 Å². The van der Waals surface area contributed by atoms with Crippen molar-refractivity contribution in [2.24, 2.45) is 0 Å². The number of rotatable bonds is 2. The second-order valence-electron chi connectivity index (χ2n) is 7.00. The molecule has 136 valence electrons. The fourth-order valence-electron chi connectivity index (χ4n) is 4.02. The van der Waals surface area contributed by atoms with Gasteiger partial charge in [-0.2, -0.15) is 0 Å². The molecular formula is C22H21N3O2. The molecule has 2 aliphatic rings. The van der Waals surface area contributed by atoms with Gasteiger partial charge in [0.15, 0.2) is 17.2 Å². The highest BCUT2D eigenvalue weighted by Crippen LogP contribution is 2.52. The zero-order chi connectivity index (χ0) is 18.2. The number of fused-ring (bicyclic) bond motifs is 2. The quantitative estimate of drug-likeness (QED) is 0.708. The monoisotopic (exact) mass is 359 g/mol. The van der Waals surface area contributed by atoms with Gasteiger partial charge in [0, 0.05) is 18.4 Å². The normalized spacial score (nSPS) is 16.4. The Balaban J connectivity index is 1.63. The van der Waals surface area contributed by atoms with E-state index >= 15 is 0 Å². The van der Waals surface area contributed by atoms with E-state index in [4.69, 9.17) is 4.74 Å². The average Bonchev–Trinajstić information content (AvgIpc) is 2.73. The molecule has 5 heteroatoms. The lowest BCUT2D eigenvalue weighted by molar-refractivity contribution is 0.394. The highest BCUT2D eigenvalue weighted by atomic mass is 16.5. The minimum atomic E-state index is 0.173. The van der Waals surface area contributed by atoms with Crippen LogP contribution < -0.4 is 15.0 Å². The molecule has 2 N–H and O–H groups in total. The first-order valence-electron chi connectivity index (χ1n) is 9.35. The lowest BCUT2D eigenvalue weighted by Gasteiger charge is -2.40. The van der Waals surface area contributed by atoms with Gasteiger partial charge in [-0.25, -0.2) is 0 Å². The first kappa shape index (κ1) is 16.1. The van der Waals surface area contributed by atoms with Crippen molar-refractivity contribution in [2.75, 3.05) is 18.0 Å². The van der Waals surface area contributed by atoms with Crippen LogP contribution in [0.15, 0.2) is 60.9 Å². The smallest absolute Gasteiger partial charge is 0.192 e. The number of phenolic OH excluding ortho intramolecular Hbond substituents is 1. The van der Waals surface area contributed by atoms with E-state index in [-0.39, 0.29) is 5.75 Å². The number of aromatic nitrogens is 1. The Hall–Kier alpha value is -3.05. The van der Waals surface area contributed by atoms with Crippen LogP contribution >= 0.6 is 0 Å². The first-order chi connectivity index (χ1) is 13.3. The van der Waals surface area contributed by atoms with E-state index in [1.54, 1.807) is 18.5 Å². The number of piperidine rings is 1. The molecule has 2 aromatic carbocycles. The summed E-state index contributed by atoms with van der Waals surface area (Å²) < 4.78 is 6.17. The highest BCUT2D eigenvalue weighted by Gasteiger charge is 2.32. The van der Waals surface area contributed by atoms with Crippen LogP contribution in [-0.4, -0.2) is 29.2 Å². The van der Waals surface area contributed by atoms with E-state index in [0.717, 1.165) is 54.2 Å². The van der Waals surface area contributed by atoms with Gasteiger partial charge in [-0.15, -0.1) is 0 Å². The number of benzene rings is 2. The molecule has 0 aliphatic carbocycles. The van der Waals surface area contributed by atoms with Gasteiger partial charge in [-0.05, 0) is 73.5 Å². The second-order valence-corrected chi connectivity index (χ2v) is 7.00. The summed E-state index contributed by atoms with van der Waals surface area (Å²) in [5.41, 5.74) is 4.15. The van der Waals surface area contributed by atoms with Crippen LogP contribution in [0.4, 0.5) is 11.4 Å². The van der Waals surface area contributed by atoms with Gasteiger partial charge in [-0.3, -0.25) is 4.98 Å². The van der Waals surface area contributed by atoms with Crippen LogP contribution in [0.3, 0.4) is 0 Å². The summed E-state index contributed by atoms with van der Waals surface area (Å²) in [4.78, 5) is 6.43. The minimum absolute atomic E-state index is 0.173. The van der Waals surface area contributed by atoms with E-state index in [1.165, 1.54) is 0 Å². The summed E-state index contributed by atoms with van der Waals surface area (Å²) >= 11 is 0. The van der Waals surface area contributed by atoms with E-state index in [9.17, 15) is 5.11 Å². The fraction of sp³-hybridized carbons (Fsp3) is 0.227. The van der Waals surface area contributed by atoms with Gasteiger partial charge in [-0.1, -0.05) is 12.1 Å². The molecule has 5 nitrogen and oxygen atoms in total. The van der Waals surface area contributed by atoms with Crippen LogP contribution in [0.5, 0.6) is 17.2 Å². The summed E-state index contributed by atoms with van der Waals surface area (Å²) in [6, 6.07) is 16.2. The Kier molecular flexibility index (Phi) is 3.94. The van der Waals surface area contributed by atoms with Crippen molar-refractivity contribution in [3.8, 4) is 28.4 Å². The van der Waals surface area contributed by atoms with Crippen LogP contribution in [0.1, 0.15) is 12.8 Å². The average molecular weight is 359 g/mol. The number of ether oxygens (including phenoxy) is 1. The van der Waals surface area contributed by atoms with Gasteiger partial charge in [0.05, 0.1) is 11.4 Å². The maximum Gasteiger partial charge on any atom is 0.192 e. The Morgan fingerprint density at radius 1 is 0.963 bits per heavy atom.